The first-order chi connectivity index (χ1) is 11.7. The van der Waals surface area contributed by atoms with Crippen LogP contribution >= 0.6 is 0 Å². The lowest BCUT2D eigenvalue weighted by atomic mass is 10.1. The summed E-state index contributed by atoms with van der Waals surface area (Å²) in [5, 5.41) is 0. The Bertz CT molecular complexity index is 717. The first-order valence-electron chi connectivity index (χ1n) is 8.13. The zero-order chi connectivity index (χ0) is 16.9. The predicted octanol–water partition coefficient (Wildman–Crippen LogP) is 2.87. The molecule has 1 amide bonds. The quantitative estimate of drug-likeness (QED) is 0.766. The van der Waals surface area contributed by atoms with Crippen LogP contribution in [0.25, 0.3) is 0 Å². The second-order valence-electron chi connectivity index (χ2n) is 5.89. The molecule has 3 rings (SSSR count). The van der Waals surface area contributed by atoms with Crippen molar-refractivity contribution in [1.29, 1.82) is 0 Å². The molecule has 24 heavy (non-hydrogen) atoms. The van der Waals surface area contributed by atoms with Gasteiger partial charge in [-0.05, 0) is 30.0 Å². The number of amides is 1. The number of nitrogens with zero attached hydrogens (tertiary/aromatic N) is 2. The van der Waals surface area contributed by atoms with Gasteiger partial charge in [-0.25, -0.2) is 4.98 Å². The summed E-state index contributed by atoms with van der Waals surface area (Å²) in [6, 6.07) is 11.9. The van der Waals surface area contributed by atoms with Crippen molar-refractivity contribution in [3.63, 3.8) is 0 Å². The normalized spacial score (nSPS) is 15.8. The number of carbonyl (C=O) groups is 1. The van der Waals surface area contributed by atoms with Gasteiger partial charge in [-0.3, -0.25) is 4.79 Å². The van der Waals surface area contributed by atoms with Gasteiger partial charge < -0.3 is 14.4 Å². The lowest BCUT2D eigenvalue weighted by Gasteiger charge is -2.25. The van der Waals surface area contributed by atoms with Gasteiger partial charge in [0, 0.05) is 32.0 Å². The molecule has 5 heteroatoms. The summed E-state index contributed by atoms with van der Waals surface area (Å²) >= 11 is 0. The Kier molecular flexibility index (Phi) is 5.11. The van der Waals surface area contributed by atoms with E-state index in [2.05, 4.69) is 23.2 Å². The molecule has 5 nitrogen and oxygen atoms in total. The van der Waals surface area contributed by atoms with E-state index in [-0.39, 0.29) is 11.9 Å². The Morgan fingerprint density at radius 1 is 1.29 bits per heavy atom. The predicted molar refractivity (Wildman–Crippen MR) is 91.2 cm³/mol. The minimum Gasteiger partial charge on any atom is -0.475 e. The molecule has 126 valence electrons. The van der Waals surface area contributed by atoms with Crippen LogP contribution < -0.4 is 4.74 Å². The highest BCUT2D eigenvalue weighted by Gasteiger charge is 2.28. The average Bonchev–Trinajstić information content (AvgIpc) is 3.05. The summed E-state index contributed by atoms with van der Waals surface area (Å²) in [4.78, 5) is 18.8. The number of aromatic nitrogens is 1. The molecule has 0 fully saturated rings. The summed E-state index contributed by atoms with van der Waals surface area (Å²) in [5.74, 6) is 0.425. The highest BCUT2D eigenvalue weighted by molar-refractivity contribution is 5.94. The summed E-state index contributed by atoms with van der Waals surface area (Å²) in [6.07, 6.45) is 3.58. The van der Waals surface area contributed by atoms with Gasteiger partial charge in [0.1, 0.15) is 6.61 Å². The van der Waals surface area contributed by atoms with Crippen LogP contribution in [0.5, 0.6) is 5.88 Å². The van der Waals surface area contributed by atoms with Crippen molar-refractivity contribution in [3.8, 4) is 5.88 Å². The summed E-state index contributed by atoms with van der Waals surface area (Å²) in [6.45, 7) is 0.894. The molecule has 2 aromatic rings. The van der Waals surface area contributed by atoms with Gasteiger partial charge in [0.05, 0.1) is 12.6 Å². The molecular formula is C19H22N2O3. The average molecular weight is 326 g/mol. The van der Waals surface area contributed by atoms with E-state index in [1.807, 2.05) is 18.0 Å². The molecule has 1 heterocycles. The highest BCUT2D eigenvalue weighted by atomic mass is 16.5. The molecule has 1 aromatic heterocycles. The Morgan fingerprint density at radius 2 is 2.12 bits per heavy atom. The number of hydrogen-bond donors (Lipinski definition) is 0. The third-order valence-corrected chi connectivity index (χ3v) is 4.41. The monoisotopic (exact) mass is 326 g/mol. The van der Waals surface area contributed by atoms with Crippen molar-refractivity contribution in [2.24, 2.45) is 0 Å². The number of benzene rings is 1. The molecule has 0 radical (unpaired) electrons. The molecular weight excluding hydrogens is 304 g/mol. The van der Waals surface area contributed by atoms with Crippen molar-refractivity contribution in [1.82, 2.24) is 9.88 Å². The second kappa shape index (κ2) is 7.45. The van der Waals surface area contributed by atoms with E-state index in [0.29, 0.717) is 24.7 Å². The maximum absolute atomic E-state index is 12.8. The Balaban J connectivity index is 1.73. The third-order valence-electron chi connectivity index (χ3n) is 4.41. The van der Waals surface area contributed by atoms with E-state index >= 15 is 0 Å². The number of fused-ring (bicyclic) bond motifs is 1. The van der Waals surface area contributed by atoms with Crippen molar-refractivity contribution in [2.45, 2.75) is 18.9 Å². The smallest absolute Gasteiger partial charge is 0.254 e. The maximum Gasteiger partial charge on any atom is 0.254 e. The van der Waals surface area contributed by atoms with Gasteiger partial charge in [-0.2, -0.15) is 0 Å². The zero-order valence-electron chi connectivity index (χ0n) is 14.1. The summed E-state index contributed by atoms with van der Waals surface area (Å²) < 4.78 is 10.4. The van der Waals surface area contributed by atoms with Crippen LogP contribution in [0.1, 0.15) is 33.9 Å². The number of ether oxygens (including phenoxy) is 2. The minimum atomic E-state index is -0.0179. The molecule has 0 spiro atoms. The summed E-state index contributed by atoms with van der Waals surface area (Å²) in [5.41, 5.74) is 3.17. The molecule has 1 aromatic carbocycles. The van der Waals surface area contributed by atoms with Crippen molar-refractivity contribution < 1.29 is 14.3 Å². The van der Waals surface area contributed by atoms with Crippen LogP contribution in [0.4, 0.5) is 0 Å². The number of methoxy groups -OCH3 is 1. The van der Waals surface area contributed by atoms with E-state index in [1.54, 1.807) is 25.4 Å². The van der Waals surface area contributed by atoms with Gasteiger partial charge >= 0.3 is 0 Å². The molecule has 0 saturated heterocycles. The topological polar surface area (TPSA) is 51.7 Å². The highest BCUT2D eigenvalue weighted by Crippen LogP contribution is 2.35. The molecule has 1 aliphatic rings. The first kappa shape index (κ1) is 16.5. The number of hydrogen-bond acceptors (Lipinski definition) is 4. The van der Waals surface area contributed by atoms with Crippen LogP contribution in [0.3, 0.4) is 0 Å². The third kappa shape index (κ3) is 3.41. The number of pyridine rings is 1. The SMILES string of the molecule is COCCOc1cc(C(=O)N(C)[C@@H]2CCc3ccccc32)ccn1. The van der Waals surface area contributed by atoms with Gasteiger partial charge in [-0.15, -0.1) is 0 Å². The largest absolute Gasteiger partial charge is 0.475 e. The van der Waals surface area contributed by atoms with Crippen LogP contribution in [-0.4, -0.2) is 43.2 Å². The van der Waals surface area contributed by atoms with Crippen molar-refractivity contribution in [3.05, 3.63) is 59.3 Å². The Hall–Kier alpha value is -2.40. The molecule has 0 N–H and O–H groups in total. The van der Waals surface area contributed by atoms with Crippen molar-refractivity contribution >= 4 is 5.91 Å². The van der Waals surface area contributed by atoms with E-state index < -0.39 is 0 Å². The number of rotatable bonds is 6. The van der Waals surface area contributed by atoms with E-state index in [1.165, 1.54) is 11.1 Å². The number of carbonyl (C=O) groups excluding carboxylic acids is 1. The van der Waals surface area contributed by atoms with E-state index in [4.69, 9.17) is 9.47 Å². The van der Waals surface area contributed by atoms with Crippen LogP contribution in [0.15, 0.2) is 42.6 Å². The van der Waals surface area contributed by atoms with E-state index in [0.717, 1.165) is 12.8 Å². The fraction of sp³-hybridized carbons (Fsp3) is 0.368. The molecule has 0 aliphatic heterocycles. The molecule has 1 aliphatic carbocycles. The maximum atomic E-state index is 12.8. The Labute approximate surface area is 142 Å². The van der Waals surface area contributed by atoms with Crippen molar-refractivity contribution in [2.75, 3.05) is 27.4 Å². The fourth-order valence-electron chi connectivity index (χ4n) is 3.13. The Morgan fingerprint density at radius 3 is 2.96 bits per heavy atom. The molecule has 0 unspecified atom stereocenters. The zero-order valence-corrected chi connectivity index (χ0v) is 14.1. The number of aryl methyl sites for hydroxylation is 1. The fourth-order valence-corrected chi connectivity index (χ4v) is 3.13. The molecule has 1 atom stereocenters. The van der Waals surface area contributed by atoms with Gasteiger partial charge in [-0.1, -0.05) is 24.3 Å². The minimum absolute atomic E-state index is 0.0179. The molecule has 0 bridgehead atoms. The summed E-state index contributed by atoms with van der Waals surface area (Å²) in [7, 11) is 3.48. The van der Waals surface area contributed by atoms with E-state index in [9.17, 15) is 4.79 Å². The molecule has 0 saturated carbocycles. The lowest BCUT2D eigenvalue weighted by molar-refractivity contribution is 0.0729. The van der Waals surface area contributed by atoms with Crippen LogP contribution in [0.2, 0.25) is 0 Å². The standard InChI is InChI=1S/C19H22N2O3/c1-21(17-8-7-14-5-3-4-6-16(14)17)19(22)15-9-10-20-18(13-15)24-12-11-23-2/h3-6,9-10,13,17H,7-8,11-12H2,1-2H3/t17-/m1/s1. The van der Waals surface area contributed by atoms with Gasteiger partial charge in [0.25, 0.3) is 5.91 Å². The first-order valence-corrected chi connectivity index (χ1v) is 8.13. The van der Waals surface area contributed by atoms with Gasteiger partial charge in [0.2, 0.25) is 5.88 Å². The lowest BCUT2D eigenvalue weighted by Crippen LogP contribution is -2.30. The van der Waals surface area contributed by atoms with Crippen LogP contribution in [0, 0.1) is 0 Å². The second-order valence-corrected chi connectivity index (χ2v) is 5.89. The van der Waals surface area contributed by atoms with Crippen LogP contribution in [-0.2, 0) is 11.2 Å². The van der Waals surface area contributed by atoms with Gasteiger partial charge in [0.15, 0.2) is 0 Å².